The Labute approximate surface area is 209 Å². The molecule has 0 saturated carbocycles. The molecular weight excluding hydrogens is 477 g/mol. The molecule has 1 N–H and O–H groups in total. The minimum Gasteiger partial charge on any atom is -0.444 e. The van der Waals surface area contributed by atoms with Gasteiger partial charge in [0.1, 0.15) is 16.9 Å². The normalized spacial score (nSPS) is 11.8. The van der Waals surface area contributed by atoms with Crippen LogP contribution in [0.25, 0.3) is 22.4 Å². The van der Waals surface area contributed by atoms with Gasteiger partial charge in [-0.25, -0.2) is 9.59 Å². The number of ether oxygens (including phenoxy) is 2. The fraction of sp³-hybridized carbons (Fsp3) is 0.320. The molecule has 2 aromatic carbocycles. The van der Waals surface area contributed by atoms with Gasteiger partial charge in [0.25, 0.3) is 0 Å². The first kappa shape index (κ1) is 25.6. The number of nitrogens with one attached hydrogen (secondary N) is 1. The minimum absolute atomic E-state index is 0.0840. The highest BCUT2D eigenvalue weighted by atomic mass is 35.5. The molecule has 1 heterocycles. The van der Waals surface area contributed by atoms with Crippen molar-refractivity contribution in [3.05, 3.63) is 58.6 Å². The first-order valence-corrected chi connectivity index (χ1v) is 11.4. The van der Waals surface area contributed by atoms with Crippen molar-refractivity contribution in [3.8, 4) is 22.4 Å². The van der Waals surface area contributed by atoms with Crippen molar-refractivity contribution in [1.29, 1.82) is 0 Å². The van der Waals surface area contributed by atoms with E-state index in [1.165, 1.54) is 0 Å². The Kier molecular flexibility index (Phi) is 7.29. The van der Waals surface area contributed by atoms with Gasteiger partial charge in [0, 0.05) is 10.6 Å². The lowest BCUT2D eigenvalue weighted by Crippen LogP contribution is -2.31. The number of hydrogen-bond donors (Lipinski definition) is 1. The maximum absolute atomic E-state index is 13.1. The average Bonchev–Trinajstić information content (AvgIpc) is 3.05. The van der Waals surface area contributed by atoms with Crippen molar-refractivity contribution in [2.75, 3.05) is 5.32 Å². The summed E-state index contributed by atoms with van der Waals surface area (Å²) in [7, 11) is 0. The first-order chi connectivity index (χ1) is 15.7. The van der Waals surface area contributed by atoms with E-state index in [0.717, 1.165) is 4.68 Å². The van der Waals surface area contributed by atoms with Crippen LogP contribution in [0.1, 0.15) is 41.5 Å². The molecule has 0 aliphatic heterocycles. The Hall–Kier alpha value is -3.03. The fourth-order valence-electron chi connectivity index (χ4n) is 3.10. The SMILES string of the molecule is CC(C)(C)OC(=O)Nc1c(-c2ccc(Cl)cc2)c(-c2ccccc2Cl)nn1C(=O)OC(C)(C)C. The van der Waals surface area contributed by atoms with Gasteiger partial charge in [0.15, 0.2) is 5.82 Å². The summed E-state index contributed by atoms with van der Waals surface area (Å²) < 4.78 is 12.0. The molecule has 0 radical (unpaired) electrons. The van der Waals surface area contributed by atoms with Crippen LogP contribution in [0.5, 0.6) is 0 Å². The standard InChI is InChI=1S/C25H27Cl2N3O4/c1-24(2,3)33-22(31)28-21-19(15-11-13-16(26)14-12-15)20(17-9-7-8-10-18(17)27)29-30(21)23(32)34-25(4,5)6/h7-14H,1-6H3,(H,28,31). The Balaban J connectivity index is 2.29. The number of halogens is 2. The van der Waals surface area contributed by atoms with E-state index in [-0.39, 0.29) is 5.82 Å². The van der Waals surface area contributed by atoms with E-state index in [0.29, 0.717) is 32.4 Å². The summed E-state index contributed by atoms with van der Waals surface area (Å²) in [6.07, 6.45) is -1.52. The van der Waals surface area contributed by atoms with Crippen LogP contribution in [0.15, 0.2) is 48.5 Å². The van der Waals surface area contributed by atoms with Gasteiger partial charge in [-0.1, -0.05) is 53.5 Å². The Morgan fingerprint density at radius 2 is 1.47 bits per heavy atom. The number of hydrogen-bond acceptors (Lipinski definition) is 5. The molecule has 0 fully saturated rings. The van der Waals surface area contributed by atoms with E-state index >= 15 is 0 Å². The summed E-state index contributed by atoms with van der Waals surface area (Å²) >= 11 is 12.6. The van der Waals surface area contributed by atoms with Crippen LogP contribution in [0.2, 0.25) is 10.0 Å². The number of rotatable bonds is 3. The van der Waals surface area contributed by atoms with Gasteiger partial charge in [-0.3, -0.25) is 5.32 Å². The number of carbonyl (C=O) groups excluding carboxylic acids is 2. The summed E-state index contributed by atoms with van der Waals surface area (Å²) in [5, 5.41) is 8.17. The Morgan fingerprint density at radius 1 is 0.882 bits per heavy atom. The van der Waals surface area contributed by atoms with E-state index in [1.54, 1.807) is 90.1 Å². The van der Waals surface area contributed by atoms with Crippen LogP contribution in [0.3, 0.4) is 0 Å². The summed E-state index contributed by atoms with van der Waals surface area (Å²) in [6, 6.07) is 14.0. The predicted octanol–water partition coefficient (Wildman–Crippen LogP) is 7.65. The second-order valence-electron chi connectivity index (χ2n) is 9.58. The maximum Gasteiger partial charge on any atom is 0.437 e. The summed E-state index contributed by atoms with van der Waals surface area (Å²) in [4.78, 5) is 25.9. The van der Waals surface area contributed by atoms with Gasteiger partial charge in [0.05, 0.1) is 10.6 Å². The number of aromatic nitrogens is 2. The summed E-state index contributed by atoms with van der Waals surface area (Å²) in [6.45, 7) is 10.5. The Bertz CT molecular complexity index is 1210. The lowest BCUT2D eigenvalue weighted by molar-refractivity contribution is 0.0518. The zero-order chi connectivity index (χ0) is 25.3. The van der Waals surface area contributed by atoms with Gasteiger partial charge in [-0.2, -0.15) is 5.10 Å². The lowest BCUT2D eigenvalue weighted by Gasteiger charge is -2.21. The molecule has 9 heteroatoms. The lowest BCUT2D eigenvalue weighted by atomic mass is 10.0. The van der Waals surface area contributed by atoms with Crippen LogP contribution < -0.4 is 5.32 Å². The highest BCUT2D eigenvalue weighted by Crippen LogP contribution is 2.41. The highest BCUT2D eigenvalue weighted by Gasteiger charge is 2.30. The summed E-state index contributed by atoms with van der Waals surface area (Å²) in [5.41, 5.74) is 0.513. The molecule has 1 aromatic heterocycles. The molecule has 0 saturated heterocycles. The van der Waals surface area contributed by atoms with Crippen molar-refractivity contribution in [1.82, 2.24) is 9.78 Å². The minimum atomic E-state index is -0.794. The van der Waals surface area contributed by atoms with Gasteiger partial charge in [-0.05, 0) is 65.3 Å². The van der Waals surface area contributed by atoms with E-state index in [2.05, 4.69) is 10.4 Å². The molecule has 0 spiro atoms. The molecule has 0 aliphatic rings. The molecule has 0 aliphatic carbocycles. The number of amides is 1. The zero-order valence-electron chi connectivity index (χ0n) is 19.9. The molecule has 0 unspecified atom stereocenters. The second-order valence-corrected chi connectivity index (χ2v) is 10.4. The van der Waals surface area contributed by atoms with Crippen molar-refractivity contribution in [2.45, 2.75) is 52.7 Å². The second kappa shape index (κ2) is 9.68. The molecular formula is C25H27Cl2N3O4. The fourth-order valence-corrected chi connectivity index (χ4v) is 3.45. The van der Waals surface area contributed by atoms with Gasteiger partial charge < -0.3 is 9.47 Å². The molecule has 0 atom stereocenters. The van der Waals surface area contributed by atoms with Crippen LogP contribution in [-0.4, -0.2) is 33.2 Å². The quantitative estimate of drug-likeness (QED) is 0.396. The van der Waals surface area contributed by atoms with E-state index in [1.807, 2.05) is 0 Å². The zero-order valence-corrected chi connectivity index (χ0v) is 21.4. The number of benzene rings is 2. The first-order valence-electron chi connectivity index (χ1n) is 10.6. The Morgan fingerprint density at radius 3 is 2.03 bits per heavy atom. The van der Waals surface area contributed by atoms with Crippen LogP contribution >= 0.6 is 23.2 Å². The molecule has 0 bridgehead atoms. The smallest absolute Gasteiger partial charge is 0.437 e. The average molecular weight is 504 g/mol. The van der Waals surface area contributed by atoms with Gasteiger partial charge in [0.2, 0.25) is 0 Å². The third-order valence-corrected chi connectivity index (χ3v) is 4.91. The molecule has 34 heavy (non-hydrogen) atoms. The third-order valence-electron chi connectivity index (χ3n) is 4.33. The van der Waals surface area contributed by atoms with Crippen molar-refractivity contribution in [3.63, 3.8) is 0 Å². The van der Waals surface area contributed by atoms with Crippen molar-refractivity contribution in [2.24, 2.45) is 0 Å². The van der Waals surface area contributed by atoms with Crippen molar-refractivity contribution >= 4 is 41.2 Å². The molecule has 7 nitrogen and oxygen atoms in total. The van der Waals surface area contributed by atoms with Crippen LogP contribution in [-0.2, 0) is 9.47 Å². The number of anilines is 1. The number of nitrogens with zero attached hydrogens (tertiary/aromatic N) is 2. The van der Waals surface area contributed by atoms with Gasteiger partial charge in [-0.15, -0.1) is 4.68 Å². The highest BCUT2D eigenvalue weighted by molar-refractivity contribution is 6.33. The predicted molar refractivity (Wildman–Crippen MR) is 135 cm³/mol. The largest absolute Gasteiger partial charge is 0.444 e. The van der Waals surface area contributed by atoms with Gasteiger partial charge >= 0.3 is 12.2 Å². The number of carbonyl (C=O) groups is 2. The van der Waals surface area contributed by atoms with E-state index in [9.17, 15) is 9.59 Å². The van der Waals surface area contributed by atoms with Crippen molar-refractivity contribution < 1.29 is 19.1 Å². The molecule has 180 valence electrons. The van der Waals surface area contributed by atoms with E-state index < -0.39 is 23.4 Å². The van der Waals surface area contributed by atoms with Crippen LogP contribution in [0, 0.1) is 0 Å². The topological polar surface area (TPSA) is 82.5 Å². The van der Waals surface area contributed by atoms with E-state index in [4.69, 9.17) is 32.7 Å². The molecule has 3 aromatic rings. The van der Waals surface area contributed by atoms with Crippen LogP contribution in [0.4, 0.5) is 15.4 Å². The third kappa shape index (κ3) is 6.30. The summed E-state index contributed by atoms with van der Waals surface area (Å²) in [5.74, 6) is 0.0840. The molecule has 3 rings (SSSR count). The molecule has 1 amide bonds. The monoisotopic (exact) mass is 503 g/mol. The maximum atomic E-state index is 13.1.